The molecule has 0 fully saturated rings. The van der Waals surface area contributed by atoms with Crippen LogP contribution in [0.25, 0.3) is 0 Å². The first-order valence-electron chi connectivity index (χ1n) is 3.54. The third kappa shape index (κ3) is 2.94. The summed E-state index contributed by atoms with van der Waals surface area (Å²) in [6.45, 7) is 0.600. The number of nitrogens with zero attached hydrogens (tertiary/aromatic N) is 1. The molecule has 4 heteroatoms. The largest absolute Gasteiger partial charge is 0.276 e. The van der Waals surface area contributed by atoms with Gasteiger partial charge in [-0.15, -0.1) is 0 Å². The first-order chi connectivity index (χ1) is 5.83. The Balaban J connectivity index is 2.38. The Labute approximate surface area is 76.9 Å². The summed E-state index contributed by atoms with van der Waals surface area (Å²) in [4.78, 5) is 10.1. The molecule has 0 aromatic heterocycles. The van der Waals surface area contributed by atoms with E-state index in [0.717, 1.165) is 9.98 Å². The van der Waals surface area contributed by atoms with Gasteiger partial charge in [0.05, 0.1) is 0 Å². The van der Waals surface area contributed by atoms with Crippen molar-refractivity contribution in [3.8, 4) is 0 Å². The van der Waals surface area contributed by atoms with E-state index in [9.17, 15) is 4.79 Å². The molecule has 1 aromatic carbocycles. The fourth-order valence-electron chi connectivity index (χ4n) is 0.805. The van der Waals surface area contributed by atoms with Gasteiger partial charge in [0.15, 0.2) is 0 Å². The number of benzene rings is 1. The van der Waals surface area contributed by atoms with Crippen LogP contribution in [0.1, 0.15) is 5.56 Å². The predicted molar refractivity (Wildman–Crippen MR) is 50.2 cm³/mol. The number of carbonyl (C=O) groups excluding carboxylic acids is 1. The summed E-state index contributed by atoms with van der Waals surface area (Å²) in [5.41, 5.74) is 3.89. The van der Waals surface area contributed by atoms with Crippen LogP contribution in [0.4, 0.5) is 0 Å². The SMILES string of the molecule is O=CN(S)NCc1ccccc1. The van der Waals surface area contributed by atoms with Crippen molar-refractivity contribution in [3.05, 3.63) is 35.9 Å². The highest BCUT2D eigenvalue weighted by molar-refractivity contribution is 7.78. The maximum atomic E-state index is 10.1. The van der Waals surface area contributed by atoms with E-state index in [1.807, 2.05) is 30.3 Å². The van der Waals surface area contributed by atoms with Crippen molar-refractivity contribution < 1.29 is 4.79 Å². The monoisotopic (exact) mass is 182 g/mol. The summed E-state index contributed by atoms with van der Waals surface area (Å²) < 4.78 is 1.09. The van der Waals surface area contributed by atoms with Gasteiger partial charge in [0.2, 0.25) is 6.41 Å². The molecule has 0 bridgehead atoms. The van der Waals surface area contributed by atoms with Gasteiger partial charge in [-0.05, 0) is 18.4 Å². The van der Waals surface area contributed by atoms with E-state index in [4.69, 9.17) is 0 Å². The molecule has 64 valence electrons. The van der Waals surface area contributed by atoms with E-state index in [1.165, 1.54) is 0 Å². The summed E-state index contributed by atoms with van der Waals surface area (Å²) in [7, 11) is 0. The molecule has 0 unspecified atom stereocenters. The Kier molecular flexibility index (Phi) is 3.63. The molecule has 1 amide bonds. The Bertz CT molecular complexity index is 240. The number of hydrogen-bond donors (Lipinski definition) is 2. The lowest BCUT2D eigenvalue weighted by Crippen LogP contribution is -2.27. The third-order valence-corrected chi connectivity index (χ3v) is 1.62. The second-order valence-corrected chi connectivity index (χ2v) is 2.70. The molecule has 0 spiro atoms. The van der Waals surface area contributed by atoms with Crippen molar-refractivity contribution in [3.63, 3.8) is 0 Å². The molecular formula is C8H10N2OS. The Hall–Kier alpha value is -1.00. The van der Waals surface area contributed by atoms with Crippen molar-refractivity contribution in [1.29, 1.82) is 0 Å². The first kappa shape index (κ1) is 9.09. The van der Waals surface area contributed by atoms with Crippen LogP contribution in [0, 0.1) is 0 Å². The lowest BCUT2D eigenvalue weighted by atomic mass is 10.2. The van der Waals surface area contributed by atoms with E-state index in [0.29, 0.717) is 13.0 Å². The maximum absolute atomic E-state index is 10.1. The fraction of sp³-hybridized carbons (Fsp3) is 0.125. The second-order valence-electron chi connectivity index (χ2n) is 2.27. The number of nitrogens with one attached hydrogen (secondary N) is 1. The van der Waals surface area contributed by atoms with Crippen LogP contribution < -0.4 is 5.43 Å². The average molecular weight is 182 g/mol. The molecule has 0 atom stereocenters. The number of hydrogen-bond acceptors (Lipinski definition) is 3. The van der Waals surface area contributed by atoms with E-state index in [1.54, 1.807) is 0 Å². The smallest absolute Gasteiger partial charge is 0.234 e. The van der Waals surface area contributed by atoms with Gasteiger partial charge < -0.3 is 0 Å². The maximum Gasteiger partial charge on any atom is 0.234 e. The summed E-state index contributed by atoms with van der Waals surface area (Å²) in [5.74, 6) is 0. The molecule has 0 aliphatic carbocycles. The Morgan fingerprint density at radius 2 is 2.08 bits per heavy atom. The van der Waals surface area contributed by atoms with Crippen LogP contribution in [0.15, 0.2) is 30.3 Å². The van der Waals surface area contributed by atoms with Crippen molar-refractivity contribution in [2.24, 2.45) is 0 Å². The topological polar surface area (TPSA) is 32.3 Å². The highest BCUT2D eigenvalue weighted by Gasteiger charge is 1.93. The molecule has 1 N–H and O–H groups in total. The zero-order chi connectivity index (χ0) is 8.81. The van der Waals surface area contributed by atoms with Gasteiger partial charge in [-0.3, -0.25) is 4.79 Å². The summed E-state index contributed by atoms with van der Waals surface area (Å²) in [5, 5.41) is 0. The average Bonchev–Trinajstić information content (AvgIpc) is 2.16. The molecule has 0 aliphatic rings. The second kappa shape index (κ2) is 4.79. The minimum Gasteiger partial charge on any atom is -0.276 e. The highest BCUT2D eigenvalue weighted by Crippen LogP contribution is 1.97. The zero-order valence-electron chi connectivity index (χ0n) is 6.47. The molecule has 12 heavy (non-hydrogen) atoms. The van der Waals surface area contributed by atoms with Crippen molar-refractivity contribution in [1.82, 2.24) is 9.84 Å². The summed E-state index contributed by atoms with van der Waals surface area (Å²) in [6.07, 6.45) is 0.603. The van der Waals surface area contributed by atoms with Gasteiger partial charge in [-0.2, -0.15) is 0 Å². The van der Waals surface area contributed by atoms with Gasteiger partial charge in [0.1, 0.15) is 0 Å². The normalized spacial score (nSPS) is 9.42. The van der Waals surface area contributed by atoms with E-state index in [-0.39, 0.29) is 0 Å². The zero-order valence-corrected chi connectivity index (χ0v) is 7.37. The van der Waals surface area contributed by atoms with Crippen molar-refractivity contribution in [2.45, 2.75) is 6.54 Å². The van der Waals surface area contributed by atoms with Crippen LogP contribution in [-0.4, -0.2) is 10.8 Å². The van der Waals surface area contributed by atoms with Gasteiger partial charge in [-0.25, -0.2) is 9.84 Å². The number of amides is 1. The van der Waals surface area contributed by atoms with Crippen LogP contribution in [0.3, 0.4) is 0 Å². The van der Waals surface area contributed by atoms with E-state index in [2.05, 4.69) is 18.2 Å². The van der Waals surface area contributed by atoms with E-state index < -0.39 is 0 Å². The lowest BCUT2D eigenvalue weighted by Gasteiger charge is -2.09. The third-order valence-electron chi connectivity index (χ3n) is 1.39. The van der Waals surface area contributed by atoms with Crippen LogP contribution in [-0.2, 0) is 11.3 Å². The van der Waals surface area contributed by atoms with Gasteiger partial charge in [0.25, 0.3) is 0 Å². The molecule has 0 saturated heterocycles. The van der Waals surface area contributed by atoms with Crippen LogP contribution in [0.2, 0.25) is 0 Å². The number of hydrazine groups is 1. The highest BCUT2D eigenvalue weighted by atomic mass is 32.1. The lowest BCUT2D eigenvalue weighted by molar-refractivity contribution is -0.115. The number of carbonyl (C=O) groups is 1. The molecule has 0 radical (unpaired) electrons. The summed E-state index contributed by atoms with van der Waals surface area (Å²) in [6, 6.07) is 9.78. The number of thiol groups is 1. The summed E-state index contributed by atoms with van der Waals surface area (Å²) >= 11 is 3.81. The van der Waals surface area contributed by atoms with Crippen molar-refractivity contribution >= 4 is 19.2 Å². The molecule has 1 rings (SSSR count). The minimum absolute atomic E-state index is 0.600. The predicted octanol–water partition coefficient (Wildman–Crippen LogP) is 0.994. The van der Waals surface area contributed by atoms with E-state index >= 15 is 0 Å². The Morgan fingerprint density at radius 3 is 2.67 bits per heavy atom. The molecule has 0 saturated carbocycles. The molecular weight excluding hydrogens is 172 g/mol. The number of rotatable bonds is 4. The van der Waals surface area contributed by atoms with Crippen molar-refractivity contribution in [2.75, 3.05) is 0 Å². The first-order valence-corrected chi connectivity index (χ1v) is 3.94. The molecule has 1 aromatic rings. The standard InChI is InChI=1S/C8H10N2OS/c11-7-10(12)9-6-8-4-2-1-3-5-8/h1-5,7,9,12H,6H2. The van der Waals surface area contributed by atoms with Crippen LogP contribution in [0.5, 0.6) is 0 Å². The van der Waals surface area contributed by atoms with Crippen LogP contribution >= 0.6 is 12.8 Å². The molecule has 0 aliphatic heterocycles. The molecule has 0 heterocycles. The fourth-order valence-corrected chi connectivity index (χ4v) is 0.876. The quantitative estimate of drug-likeness (QED) is 0.413. The van der Waals surface area contributed by atoms with Gasteiger partial charge in [-0.1, -0.05) is 30.3 Å². The van der Waals surface area contributed by atoms with Gasteiger partial charge in [0, 0.05) is 6.54 Å². The van der Waals surface area contributed by atoms with Gasteiger partial charge >= 0.3 is 0 Å². The Morgan fingerprint density at radius 1 is 1.42 bits per heavy atom. The molecule has 3 nitrogen and oxygen atoms in total. The minimum atomic E-state index is 0.600.